The number of ether oxygens (including phenoxy) is 1. The number of anilines is 2. The summed E-state index contributed by atoms with van der Waals surface area (Å²) < 4.78 is 4.73. The molecule has 1 N–H and O–H groups in total. The molecule has 6 nitrogen and oxygen atoms in total. The van der Waals surface area contributed by atoms with Crippen LogP contribution in [0.4, 0.5) is 16.2 Å². The predicted molar refractivity (Wildman–Crippen MR) is 90.8 cm³/mol. The molecule has 1 aromatic rings. The lowest BCUT2D eigenvalue weighted by Gasteiger charge is -2.23. The molecule has 6 heteroatoms. The summed E-state index contributed by atoms with van der Waals surface area (Å²) in [6.07, 6.45) is 1.03. The first-order valence-electron chi connectivity index (χ1n) is 8.11. The second kappa shape index (κ2) is 7.85. The Morgan fingerprint density at radius 3 is 2.48 bits per heavy atom. The number of benzene rings is 1. The zero-order valence-corrected chi connectivity index (χ0v) is 14.0. The monoisotopic (exact) mass is 319 g/mol. The van der Waals surface area contributed by atoms with E-state index in [1.165, 1.54) is 12.0 Å². The van der Waals surface area contributed by atoms with Crippen LogP contribution in [0.1, 0.15) is 26.7 Å². The van der Waals surface area contributed by atoms with Gasteiger partial charge in [0.05, 0.1) is 7.11 Å². The smallest absolute Gasteiger partial charge is 0.410 e. The Morgan fingerprint density at radius 2 is 1.91 bits per heavy atom. The first-order chi connectivity index (χ1) is 11.1. The van der Waals surface area contributed by atoms with Crippen LogP contribution < -0.4 is 10.2 Å². The van der Waals surface area contributed by atoms with Gasteiger partial charge in [0.15, 0.2) is 0 Å². The van der Waals surface area contributed by atoms with Crippen LogP contribution in [0.2, 0.25) is 0 Å². The van der Waals surface area contributed by atoms with E-state index in [2.05, 4.69) is 24.1 Å². The summed E-state index contributed by atoms with van der Waals surface area (Å²) in [5.74, 6) is -0.163. The van der Waals surface area contributed by atoms with Gasteiger partial charge in [-0.25, -0.2) is 4.79 Å². The van der Waals surface area contributed by atoms with E-state index in [1.807, 2.05) is 24.3 Å². The second-order valence-electron chi connectivity index (χ2n) is 5.53. The summed E-state index contributed by atoms with van der Waals surface area (Å²) in [6, 6.07) is 7.32. The van der Waals surface area contributed by atoms with Crippen molar-refractivity contribution in [1.29, 1.82) is 0 Å². The van der Waals surface area contributed by atoms with Crippen LogP contribution >= 0.6 is 0 Å². The summed E-state index contributed by atoms with van der Waals surface area (Å²) in [4.78, 5) is 27.8. The minimum atomic E-state index is -0.454. The number of nitrogens with zero attached hydrogens (tertiary/aromatic N) is 2. The average Bonchev–Trinajstić information content (AvgIpc) is 3.06. The molecule has 0 radical (unpaired) electrons. The van der Waals surface area contributed by atoms with Gasteiger partial charge in [0.1, 0.15) is 6.04 Å². The van der Waals surface area contributed by atoms with Crippen LogP contribution in [0.15, 0.2) is 24.3 Å². The highest BCUT2D eigenvalue weighted by molar-refractivity contribution is 5.97. The molecular formula is C17H25N3O3. The number of likely N-dealkylation sites (tertiary alicyclic amines) is 1. The minimum Gasteiger partial charge on any atom is -0.453 e. The number of hydrogen-bond acceptors (Lipinski definition) is 4. The summed E-state index contributed by atoms with van der Waals surface area (Å²) in [7, 11) is 1.33. The fourth-order valence-electron chi connectivity index (χ4n) is 2.94. The highest BCUT2D eigenvalue weighted by Gasteiger charge is 2.34. The Morgan fingerprint density at radius 1 is 1.26 bits per heavy atom. The van der Waals surface area contributed by atoms with Crippen molar-refractivity contribution in [3.05, 3.63) is 24.3 Å². The van der Waals surface area contributed by atoms with Gasteiger partial charge in [-0.3, -0.25) is 9.69 Å². The standard InChI is InChI=1S/C17H25N3O3/c1-4-19(5-2)14-10-8-13(9-11-14)18-16(21)15-7-6-12-20(15)17(22)23-3/h8-11,15H,4-7,12H2,1-3H3,(H,18,21). The molecule has 23 heavy (non-hydrogen) atoms. The van der Waals surface area contributed by atoms with E-state index in [4.69, 9.17) is 4.74 Å². The van der Waals surface area contributed by atoms with Gasteiger partial charge < -0.3 is 15.0 Å². The fraction of sp³-hybridized carbons (Fsp3) is 0.529. The van der Waals surface area contributed by atoms with Gasteiger partial charge >= 0.3 is 6.09 Å². The third-order valence-electron chi connectivity index (χ3n) is 4.23. The van der Waals surface area contributed by atoms with Crippen LogP contribution in [0.3, 0.4) is 0 Å². The second-order valence-corrected chi connectivity index (χ2v) is 5.53. The Hall–Kier alpha value is -2.24. The van der Waals surface area contributed by atoms with Crippen molar-refractivity contribution in [2.24, 2.45) is 0 Å². The van der Waals surface area contributed by atoms with E-state index >= 15 is 0 Å². The van der Waals surface area contributed by atoms with E-state index in [0.29, 0.717) is 13.0 Å². The molecule has 1 aliphatic rings. The molecule has 1 fully saturated rings. The van der Waals surface area contributed by atoms with Crippen molar-refractivity contribution in [2.45, 2.75) is 32.7 Å². The Balaban J connectivity index is 2.01. The van der Waals surface area contributed by atoms with Crippen LogP contribution in [-0.2, 0) is 9.53 Å². The largest absolute Gasteiger partial charge is 0.453 e. The van der Waals surface area contributed by atoms with Gasteiger partial charge in [0, 0.05) is 31.0 Å². The number of methoxy groups -OCH3 is 1. The highest BCUT2D eigenvalue weighted by Crippen LogP contribution is 2.21. The van der Waals surface area contributed by atoms with Gasteiger partial charge in [-0.05, 0) is 51.0 Å². The summed E-state index contributed by atoms with van der Waals surface area (Å²) in [6.45, 7) is 6.67. The molecule has 0 aromatic heterocycles. The SMILES string of the molecule is CCN(CC)c1ccc(NC(=O)C2CCCN2C(=O)OC)cc1. The lowest BCUT2D eigenvalue weighted by atomic mass is 10.2. The quantitative estimate of drug-likeness (QED) is 0.906. The number of rotatable bonds is 5. The third kappa shape index (κ3) is 3.94. The molecule has 1 aromatic carbocycles. The minimum absolute atomic E-state index is 0.163. The molecule has 126 valence electrons. The molecule has 1 atom stereocenters. The highest BCUT2D eigenvalue weighted by atomic mass is 16.5. The molecule has 1 heterocycles. The molecule has 1 unspecified atom stereocenters. The summed E-state index contributed by atoms with van der Waals surface area (Å²) >= 11 is 0. The zero-order valence-electron chi connectivity index (χ0n) is 14.0. The first kappa shape index (κ1) is 17.1. The van der Waals surface area contributed by atoms with Gasteiger partial charge in [0.25, 0.3) is 0 Å². The van der Waals surface area contributed by atoms with Gasteiger partial charge in [-0.2, -0.15) is 0 Å². The zero-order chi connectivity index (χ0) is 16.8. The number of nitrogens with one attached hydrogen (secondary N) is 1. The van der Waals surface area contributed by atoms with Gasteiger partial charge in [-0.1, -0.05) is 0 Å². The Kier molecular flexibility index (Phi) is 5.84. The van der Waals surface area contributed by atoms with E-state index in [1.54, 1.807) is 0 Å². The Bertz CT molecular complexity index is 541. The van der Waals surface area contributed by atoms with Crippen LogP contribution in [0.5, 0.6) is 0 Å². The van der Waals surface area contributed by atoms with Crippen molar-refractivity contribution in [3.63, 3.8) is 0 Å². The normalized spacial score (nSPS) is 17.0. The number of carbonyl (C=O) groups excluding carboxylic acids is 2. The van der Waals surface area contributed by atoms with E-state index < -0.39 is 12.1 Å². The Labute approximate surface area is 137 Å². The van der Waals surface area contributed by atoms with Crippen LogP contribution in [-0.4, -0.2) is 49.7 Å². The summed E-state index contributed by atoms with van der Waals surface area (Å²) in [5, 5.41) is 2.89. The molecule has 0 saturated carbocycles. The van der Waals surface area contributed by atoms with Crippen molar-refractivity contribution in [1.82, 2.24) is 4.90 Å². The van der Waals surface area contributed by atoms with Gasteiger partial charge in [-0.15, -0.1) is 0 Å². The molecule has 1 aliphatic heterocycles. The maximum absolute atomic E-state index is 12.4. The third-order valence-corrected chi connectivity index (χ3v) is 4.23. The van der Waals surface area contributed by atoms with Crippen molar-refractivity contribution in [2.75, 3.05) is 37.0 Å². The molecule has 1 saturated heterocycles. The van der Waals surface area contributed by atoms with Crippen molar-refractivity contribution < 1.29 is 14.3 Å². The maximum Gasteiger partial charge on any atom is 0.410 e. The molecular weight excluding hydrogens is 294 g/mol. The lowest BCUT2D eigenvalue weighted by Crippen LogP contribution is -2.43. The summed E-state index contributed by atoms with van der Waals surface area (Å²) in [5.41, 5.74) is 1.87. The molecule has 0 spiro atoms. The molecule has 2 rings (SSSR count). The predicted octanol–water partition coefficient (Wildman–Crippen LogP) is 2.70. The maximum atomic E-state index is 12.4. The van der Waals surface area contributed by atoms with Crippen molar-refractivity contribution in [3.8, 4) is 0 Å². The molecule has 2 amide bonds. The van der Waals surface area contributed by atoms with E-state index in [9.17, 15) is 9.59 Å². The van der Waals surface area contributed by atoms with E-state index in [-0.39, 0.29) is 5.91 Å². The van der Waals surface area contributed by atoms with Crippen molar-refractivity contribution >= 4 is 23.4 Å². The first-order valence-corrected chi connectivity index (χ1v) is 8.11. The number of amides is 2. The van der Waals surface area contributed by atoms with Gasteiger partial charge in [0.2, 0.25) is 5.91 Å². The average molecular weight is 319 g/mol. The number of hydrogen-bond donors (Lipinski definition) is 1. The van der Waals surface area contributed by atoms with Crippen LogP contribution in [0, 0.1) is 0 Å². The fourth-order valence-corrected chi connectivity index (χ4v) is 2.94. The van der Waals surface area contributed by atoms with E-state index in [0.717, 1.165) is 30.9 Å². The van der Waals surface area contributed by atoms with Crippen LogP contribution in [0.25, 0.3) is 0 Å². The molecule has 0 aliphatic carbocycles. The topological polar surface area (TPSA) is 61.9 Å². The lowest BCUT2D eigenvalue weighted by molar-refractivity contribution is -0.119. The molecule has 0 bridgehead atoms. The number of carbonyl (C=O) groups is 2.